The fourth-order valence-corrected chi connectivity index (χ4v) is 2.03. The second kappa shape index (κ2) is 9.41. The zero-order chi connectivity index (χ0) is 18.9. The summed E-state index contributed by atoms with van der Waals surface area (Å²) in [6, 6.07) is 9.69. The molecular formula is C17H16BN2O6. The molecule has 2 aromatic rings. The molecule has 0 aliphatic heterocycles. The quantitative estimate of drug-likeness (QED) is 0.397. The summed E-state index contributed by atoms with van der Waals surface area (Å²) in [4.78, 5) is 14.9. The second-order valence-electron chi connectivity index (χ2n) is 5.05. The van der Waals surface area contributed by atoms with Gasteiger partial charge < -0.3 is 24.3 Å². The second-order valence-corrected chi connectivity index (χ2v) is 5.05. The van der Waals surface area contributed by atoms with Crippen molar-refractivity contribution in [2.45, 2.75) is 13.5 Å². The molecule has 2 rings (SSSR count). The van der Waals surface area contributed by atoms with Gasteiger partial charge in [-0.05, 0) is 29.2 Å². The van der Waals surface area contributed by atoms with E-state index in [1.165, 1.54) is 19.1 Å². The normalized spacial score (nSPS) is 9.92. The van der Waals surface area contributed by atoms with Crippen LogP contribution in [0.4, 0.5) is 0 Å². The van der Waals surface area contributed by atoms with E-state index in [9.17, 15) is 9.90 Å². The highest BCUT2D eigenvalue weighted by molar-refractivity contribution is 6.46. The lowest BCUT2D eigenvalue weighted by molar-refractivity contribution is -0.141. The van der Waals surface area contributed by atoms with Gasteiger partial charge in [-0.15, -0.1) is 0 Å². The Morgan fingerprint density at radius 2 is 2.12 bits per heavy atom. The summed E-state index contributed by atoms with van der Waals surface area (Å²) >= 11 is 0. The lowest BCUT2D eigenvalue weighted by Crippen LogP contribution is -2.18. The number of hydrogen-bond donors (Lipinski definition) is 2. The predicted molar refractivity (Wildman–Crippen MR) is 91.1 cm³/mol. The molecule has 0 aliphatic carbocycles. The van der Waals surface area contributed by atoms with Gasteiger partial charge in [0, 0.05) is 13.0 Å². The van der Waals surface area contributed by atoms with Crippen LogP contribution in [0.25, 0.3) is 0 Å². The largest absolute Gasteiger partial charge is 0.473 e. The zero-order valence-corrected chi connectivity index (χ0v) is 14.0. The van der Waals surface area contributed by atoms with Gasteiger partial charge in [-0.1, -0.05) is 6.07 Å². The van der Waals surface area contributed by atoms with Gasteiger partial charge in [-0.2, -0.15) is 10.2 Å². The van der Waals surface area contributed by atoms with E-state index in [-0.39, 0.29) is 37.1 Å². The number of carbonyl (C=O) groups is 1. The van der Waals surface area contributed by atoms with Crippen molar-refractivity contribution in [3.8, 4) is 23.6 Å². The molecule has 9 heteroatoms. The van der Waals surface area contributed by atoms with Gasteiger partial charge in [0.25, 0.3) is 0 Å². The SMILES string of the molecule is CC(=O)OCCOc1nc(Oc2ccc([B]O)c(CO)c2)ccc1C#N. The number of hydrogen-bond acceptors (Lipinski definition) is 8. The summed E-state index contributed by atoms with van der Waals surface area (Å²) in [7, 11) is 0.893. The summed E-state index contributed by atoms with van der Waals surface area (Å²) in [5.74, 6) is 0.195. The van der Waals surface area contributed by atoms with Crippen LogP contribution in [0.3, 0.4) is 0 Å². The molecule has 0 fully saturated rings. The van der Waals surface area contributed by atoms with Crippen LogP contribution in [-0.2, 0) is 16.1 Å². The number of pyridine rings is 1. The number of carbonyl (C=O) groups excluding carboxylic acids is 1. The topological polar surface area (TPSA) is 122 Å². The van der Waals surface area contributed by atoms with E-state index in [2.05, 4.69) is 4.98 Å². The molecule has 0 saturated heterocycles. The first-order valence-corrected chi connectivity index (χ1v) is 7.63. The van der Waals surface area contributed by atoms with Crippen molar-refractivity contribution in [1.82, 2.24) is 4.98 Å². The number of nitriles is 1. The summed E-state index contributed by atoms with van der Waals surface area (Å²) in [6.45, 7) is 1.09. The van der Waals surface area contributed by atoms with Crippen molar-refractivity contribution < 1.29 is 29.1 Å². The lowest BCUT2D eigenvalue weighted by atomic mass is 9.84. The van der Waals surface area contributed by atoms with E-state index in [0.717, 1.165) is 7.48 Å². The maximum Gasteiger partial charge on any atom is 0.327 e. The van der Waals surface area contributed by atoms with E-state index < -0.39 is 5.97 Å². The highest BCUT2D eigenvalue weighted by atomic mass is 16.6. The zero-order valence-electron chi connectivity index (χ0n) is 14.0. The molecule has 1 heterocycles. The van der Waals surface area contributed by atoms with Gasteiger partial charge in [-0.25, -0.2) is 0 Å². The number of esters is 1. The van der Waals surface area contributed by atoms with E-state index in [4.69, 9.17) is 24.5 Å². The van der Waals surface area contributed by atoms with Crippen molar-refractivity contribution >= 4 is 18.9 Å². The Kier molecular flexibility index (Phi) is 6.97. The first-order chi connectivity index (χ1) is 12.6. The fourth-order valence-electron chi connectivity index (χ4n) is 2.03. The van der Waals surface area contributed by atoms with Gasteiger partial charge in [0.05, 0.1) is 6.61 Å². The van der Waals surface area contributed by atoms with Crippen molar-refractivity contribution in [1.29, 1.82) is 5.26 Å². The van der Waals surface area contributed by atoms with Crippen molar-refractivity contribution in [2.75, 3.05) is 13.2 Å². The molecule has 1 radical (unpaired) electrons. The Morgan fingerprint density at radius 3 is 2.77 bits per heavy atom. The third-order valence-electron chi connectivity index (χ3n) is 3.23. The third kappa shape index (κ3) is 5.21. The molecule has 1 aromatic heterocycles. The van der Waals surface area contributed by atoms with Crippen LogP contribution in [0.5, 0.6) is 17.5 Å². The first kappa shape index (κ1) is 19.2. The Bertz CT molecular complexity index is 821. The number of aromatic nitrogens is 1. The highest BCUT2D eigenvalue weighted by Gasteiger charge is 2.10. The van der Waals surface area contributed by atoms with Crippen LogP contribution in [0.2, 0.25) is 0 Å². The molecular weight excluding hydrogens is 339 g/mol. The maximum absolute atomic E-state index is 10.7. The Morgan fingerprint density at radius 1 is 1.31 bits per heavy atom. The molecule has 1 aromatic carbocycles. The minimum absolute atomic E-state index is 0.0337. The Labute approximate surface area is 150 Å². The van der Waals surface area contributed by atoms with Crippen LogP contribution in [-0.4, -0.2) is 41.8 Å². The molecule has 8 nitrogen and oxygen atoms in total. The molecule has 0 amide bonds. The Balaban J connectivity index is 2.13. The molecule has 133 valence electrons. The van der Waals surface area contributed by atoms with Crippen molar-refractivity contribution in [3.05, 3.63) is 41.5 Å². The van der Waals surface area contributed by atoms with Crippen LogP contribution in [0.1, 0.15) is 18.1 Å². The average molecular weight is 355 g/mol. The molecule has 0 unspecified atom stereocenters. The van der Waals surface area contributed by atoms with Gasteiger partial charge in [0.15, 0.2) is 0 Å². The molecule has 0 spiro atoms. The highest BCUT2D eigenvalue weighted by Crippen LogP contribution is 2.24. The maximum atomic E-state index is 10.7. The number of aliphatic hydroxyl groups is 1. The van der Waals surface area contributed by atoms with Crippen LogP contribution in [0, 0.1) is 11.3 Å². The first-order valence-electron chi connectivity index (χ1n) is 7.63. The summed E-state index contributed by atoms with van der Waals surface area (Å²) in [5, 5.41) is 27.5. The van der Waals surface area contributed by atoms with Crippen LogP contribution < -0.4 is 14.9 Å². The number of ether oxygens (including phenoxy) is 3. The predicted octanol–water partition coefficient (Wildman–Crippen LogP) is 0.417. The lowest BCUT2D eigenvalue weighted by Gasteiger charge is -2.11. The molecule has 0 bridgehead atoms. The number of aliphatic hydroxyl groups excluding tert-OH is 1. The smallest absolute Gasteiger partial charge is 0.327 e. The van der Waals surface area contributed by atoms with Gasteiger partial charge >= 0.3 is 13.5 Å². The van der Waals surface area contributed by atoms with Gasteiger partial charge in [0.2, 0.25) is 11.8 Å². The number of nitrogens with zero attached hydrogens (tertiary/aromatic N) is 2. The molecule has 0 atom stereocenters. The summed E-state index contributed by atoms with van der Waals surface area (Å²) in [5.41, 5.74) is 1.17. The number of benzene rings is 1. The Hall–Kier alpha value is -3.09. The third-order valence-corrected chi connectivity index (χ3v) is 3.23. The van der Waals surface area contributed by atoms with Gasteiger partial charge in [-0.3, -0.25) is 4.79 Å². The summed E-state index contributed by atoms with van der Waals surface area (Å²) < 4.78 is 15.7. The molecule has 26 heavy (non-hydrogen) atoms. The average Bonchev–Trinajstić information content (AvgIpc) is 2.65. The van der Waals surface area contributed by atoms with Crippen molar-refractivity contribution in [3.63, 3.8) is 0 Å². The minimum atomic E-state index is -0.428. The van der Waals surface area contributed by atoms with Gasteiger partial charge in [0.1, 0.15) is 30.6 Å². The van der Waals surface area contributed by atoms with E-state index in [1.54, 1.807) is 18.2 Å². The van der Waals surface area contributed by atoms with Crippen LogP contribution >= 0.6 is 0 Å². The number of rotatable bonds is 8. The molecule has 2 N–H and O–H groups in total. The molecule has 0 aliphatic rings. The van der Waals surface area contributed by atoms with Crippen LogP contribution in [0.15, 0.2) is 30.3 Å². The fraction of sp³-hybridized carbons (Fsp3) is 0.235. The monoisotopic (exact) mass is 355 g/mol. The van der Waals surface area contributed by atoms with E-state index in [0.29, 0.717) is 16.8 Å². The summed E-state index contributed by atoms with van der Waals surface area (Å²) in [6.07, 6.45) is 0. The van der Waals surface area contributed by atoms with Crippen molar-refractivity contribution in [2.24, 2.45) is 0 Å². The van der Waals surface area contributed by atoms with E-state index in [1.807, 2.05) is 6.07 Å². The standard InChI is InChI=1S/C17H16BN2O6/c1-11(22)24-6-7-25-17-12(9-19)2-5-16(20-17)26-14-3-4-15(18-23)13(8-14)10-21/h2-5,8,21,23H,6-7,10H2,1H3. The minimum Gasteiger partial charge on any atom is -0.473 e. The van der Waals surface area contributed by atoms with E-state index >= 15 is 0 Å². The molecule has 0 saturated carbocycles.